The highest BCUT2D eigenvalue weighted by molar-refractivity contribution is 7.09. The Morgan fingerprint density at radius 2 is 1.72 bits per heavy atom. The quantitative estimate of drug-likeness (QED) is 0.456. The summed E-state index contributed by atoms with van der Waals surface area (Å²) in [6.45, 7) is 0.174. The van der Waals surface area contributed by atoms with Crippen LogP contribution >= 0.6 is 11.3 Å². The van der Waals surface area contributed by atoms with E-state index in [1.54, 1.807) is 12.4 Å². The minimum absolute atomic E-state index is 0.113. The third kappa shape index (κ3) is 6.52. The summed E-state index contributed by atoms with van der Waals surface area (Å²) in [6, 6.07) is 13.5. The molecule has 1 heterocycles. The number of rotatable bonds is 9. The number of benzene rings is 2. The van der Waals surface area contributed by atoms with Gasteiger partial charge in [0.1, 0.15) is 23.2 Å². The van der Waals surface area contributed by atoms with Gasteiger partial charge in [0.15, 0.2) is 12.3 Å². The minimum Gasteiger partial charge on any atom is -0.486 e. The second-order valence-corrected chi connectivity index (χ2v) is 8.20. The van der Waals surface area contributed by atoms with E-state index in [9.17, 15) is 14.0 Å². The SMILES string of the molecule is CN(Cc1ccc(N(C)C)cc1)C(=O)COC(=O)c1csc(COc2ccc(F)cc2)n1. The molecule has 0 aliphatic rings. The van der Waals surface area contributed by atoms with Crippen molar-refractivity contribution in [3.8, 4) is 5.75 Å². The van der Waals surface area contributed by atoms with Crippen molar-refractivity contribution in [1.82, 2.24) is 9.88 Å². The molecule has 0 saturated carbocycles. The Bertz CT molecular complexity index is 1050. The number of hydrogen-bond acceptors (Lipinski definition) is 7. The van der Waals surface area contributed by atoms with Crippen LogP contribution in [0.1, 0.15) is 21.1 Å². The lowest BCUT2D eigenvalue weighted by molar-refractivity contribution is -0.133. The maximum atomic E-state index is 12.9. The Morgan fingerprint density at radius 3 is 2.38 bits per heavy atom. The largest absolute Gasteiger partial charge is 0.486 e. The molecule has 0 fully saturated rings. The van der Waals surface area contributed by atoms with E-state index in [4.69, 9.17) is 9.47 Å². The van der Waals surface area contributed by atoms with Crippen molar-refractivity contribution in [2.24, 2.45) is 0 Å². The average molecular weight is 458 g/mol. The van der Waals surface area contributed by atoms with Gasteiger partial charge in [0.05, 0.1) is 0 Å². The van der Waals surface area contributed by atoms with E-state index < -0.39 is 5.97 Å². The second kappa shape index (κ2) is 10.7. The molecule has 0 aliphatic carbocycles. The summed E-state index contributed by atoms with van der Waals surface area (Å²) in [4.78, 5) is 32.2. The van der Waals surface area contributed by atoms with Crippen molar-refractivity contribution in [2.75, 3.05) is 32.6 Å². The molecule has 7 nitrogen and oxygen atoms in total. The van der Waals surface area contributed by atoms with Crippen LogP contribution in [0.3, 0.4) is 0 Å². The number of halogens is 1. The molecule has 0 atom stereocenters. The molecule has 168 valence electrons. The Hall–Kier alpha value is -3.46. The van der Waals surface area contributed by atoms with Crippen molar-refractivity contribution in [2.45, 2.75) is 13.2 Å². The molecule has 1 amide bonds. The number of ether oxygens (including phenoxy) is 2. The fourth-order valence-electron chi connectivity index (χ4n) is 2.72. The van der Waals surface area contributed by atoms with Crippen molar-refractivity contribution >= 4 is 28.9 Å². The predicted molar refractivity (Wildman–Crippen MR) is 120 cm³/mol. The van der Waals surface area contributed by atoms with Gasteiger partial charge in [-0.15, -0.1) is 11.3 Å². The van der Waals surface area contributed by atoms with Gasteiger partial charge in [-0.3, -0.25) is 4.79 Å². The lowest BCUT2D eigenvalue weighted by Crippen LogP contribution is -2.30. The van der Waals surface area contributed by atoms with Gasteiger partial charge in [-0.1, -0.05) is 12.1 Å². The number of esters is 1. The van der Waals surface area contributed by atoms with Crippen LogP contribution in [-0.4, -0.2) is 49.5 Å². The summed E-state index contributed by atoms with van der Waals surface area (Å²) < 4.78 is 23.6. The van der Waals surface area contributed by atoms with Gasteiger partial charge in [-0.05, 0) is 42.0 Å². The van der Waals surface area contributed by atoms with Gasteiger partial charge < -0.3 is 19.3 Å². The molecular formula is C23H24FN3O4S. The first-order chi connectivity index (χ1) is 15.3. The van der Waals surface area contributed by atoms with Crippen LogP contribution in [0, 0.1) is 5.82 Å². The number of hydrogen-bond donors (Lipinski definition) is 0. The molecule has 0 unspecified atom stereocenters. The molecule has 0 saturated heterocycles. The molecule has 0 bridgehead atoms. The molecule has 1 aromatic heterocycles. The van der Waals surface area contributed by atoms with Gasteiger partial charge >= 0.3 is 5.97 Å². The summed E-state index contributed by atoms with van der Waals surface area (Å²) in [6.07, 6.45) is 0. The molecule has 0 aliphatic heterocycles. The zero-order valence-corrected chi connectivity index (χ0v) is 18.9. The summed E-state index contributed by atoms with van der Waals surface area (Å²) >= 11 is 1.24. The van der Waals surface area contributed by atoms with Crippen LogP contribution in [-0.2, 0) is 22.7 Å². The fourth-order valence-corrected chi connectivity index (χ4v) is 3.39. The van der Waals surface area contributed by atoms with Crippen molar-refractivity contribution in [1.29, 1.82) is 0 Å². The monoisotopic (exact) mass is 457 g/mol. The number of carbonyl (C=O) groups is 2. The maximum Gasteiger partial charge on any atom is 0.358 e. The van der Waals surface area contributed by atoms with E-state index in [0.717, 1.165) is 11.3 Å². The summed E-state index contributed by atoms with van der Waals surface area (Å²) in [5, 5.41) is 2.11. The smallest absolute Gasteiger partial charge is 0.358 e. The van der Waals surface area contributed by atoms with Crippen LogP contribution in [0.2, 0.25) is 0 Å². The highest BCUT2D eigenvalue weighted by Gasteiger charge is 2.17. The zero-order chi connectivity index (χ0) is 23.1. The van der Waals surface area contributed by atoms with E-state index in [0.29, 0.717) is 17.3 Å². The molecule has 0 N–H and O–H groups in total. The summed E-state index contributed by atoms with van der Waals surface area (Å²) in [5.74, 6) is -0.841. The van der Waals surface area contributed by atoms with E-state index in [2.05, 4.69) is 4.98 Å². The minimum atomic E-state index is -0.675. The summed E-state index contributed by atoms with van der Waals surface area (Å²) in [7, 11) is 5.58. The highest BCUT2D eigenvalue weighted by atomic mass is 32.1. The van der Waals surface area contributed by atoms with E-state index in [1.807, 2.05) is 43.3 Å². The fraction of sp³-hybridized carbons (Fsp3) is 0.261. The van der Waals surface area contributed by atoms with Gasteiger partial charge in [0, 0.05) is 38.8 Å². The number of likely N-dealkylation sites (N-methyl/N-ethyl adjacent to an activating group) is 1. The molecule has 9 heteroatoms. The topological polar surface area (TPSA) is 72.0 Å². The Labute approximate surface area is 190 Å². The number of nitrogens with zero attached hydrogens (tertiary/aromatic N) is 3. The van der Waals surface area contributed by atoms with Crippen molar-refractivity contribution in [3.05, 3.63) is 76.0 Å². The molecule has 32 heavy (non-hydrogen) atoms. The van der Waals surface area contributed by atoms with E-state index in [1.165, 1.54) is 40.5 Å². The number of carbonyl (C=O) groups excluding carboxylic acids is 2. The second-order valence-electron chi connectivity index (χ2n) is 7.26. The average Bonchev–Trinajstić information content (AvgIpc) is 3.26. The number of thiazole rings is 1. The maximum absolute atomic E-state index is 12.9. The molecule has 3 rings (SSSR count). The van der Waals surface area contributed by atoms with E-state index >= 15 is 0 Å². The third-order valence-corrected chi connectivity index (χ3v) is 5.38. The van der Waals surface area contributed by atoms with Crippen LogP contribution in [0.15, 0.2) is 53.9 Å². The van der Waals surface area contributed by atoms with Gasteiger partial charge in [0.2, 0.25) is 0 Å². The van der Waals surface area contributed by atoms with Crippen molar-refractivity contribution < 1.29 is 23.5 Å². The highest BCUT2D eigenvalue weighted by Crippen LogP contribution is 2.17. The molecule has 2 aromatic carbocycles. The number of amides is 1. The molecule has 3 aromatic rings. The first kappa shape index (κ1) is 23.2. The summed E-state index contributed by atoms with van der Waals surface area (Å²) in [5.41, 5.74) is 2.16. The van der Waals surface area contributed by atoms with Crippen LogP contribution in [0.5, 0.6) is 5.75 Å². The van der Waals surface area contributed by atoms with Gasteiger partial charge in [0.25, 0.3) is 5.91 Å². The van der Waals surface area contributed by atoms with Crippen molar-refractivity contribution in [3.63, 3.8) is 0 Å². The lowest BCUT2D eigenvalue weighted by Gasteiger charge is -2.18. The van der Waals surface area contributed by atoms with Crippen LogP contribution < -0.4 is 9.64 Å². The van der Waals surface area contributed by atoms with E-state index in [-0.39, 0.29) is 30.6 Å². The zero-order valence-electron chi connectivity index (χ0n) is 18.1. The van der Waals surface area contributed by atoms with Gasteiger partial charge in [-0.25, -0.2) is 14.2 Å². The normalized spacial score (nSPS) is 10.5. The predicted octanol–water partition coefficient (Wildman–Crippen LogP) is 3.74. The van der Waals surface area contributed by atoms with Gasteiger partial charge in [-0.2, -0.15) is 0 Å². The lowest BCUT2D eigenvalue weighted by atomic mass is 10.2. The number of anilines is 1. The molecular weight excluding hydrogens is 433 g/mol. The van der Waals surface area contributed by atoms with Crippen LogP contribution in [0.4, 0.5) is 10.1 Å². The standard InChI is InChI=1S/C23H24FN3O4S/c1-26(2)18-8-4-16(5-9-18)12-27(3)22(28)14-31-23(29)20-15-32-21(25-20)13-30-19-10-6-17(24)7-11-19/h4-11,15H,12-14H2,1-3H3. The molecule has 0 spiro atoms. The Morgan fingerprint density at radius 1 is 1.03 bits per heavy atom. The first-order valence-corrected chi connectivity index (χ1v) is 10.7. The van der Waals surface area contributed by atoms with Crippen LogP contribution in [0.25, 0.3) is 0 Å². The number of aromatic nitrogens is 1. The Balaban J connectivity index is 1.45. The Kier molecular flexibility index (Phi) is 7.77. The third-order valence-electron chi connectivity index (χ3n) is 4.56. The first-order valence-electron chi connectivity index (χ1n) is 9.82. The molecule has 0 radical (unpaired) electrons.